The van der Waals surface area contributed by atoms with Gasteiger partial charge in [-0.05, 0) is 44.5 Å². The van der Waals surface area contributed by atoms with Crippen LogP contribution in [0.2, 0.25) is 5.02 Å². The van der Waals surface area contributed by atoms with Crippen molar-refractivity contribution < 1.29 is 9.53 Å². The monoisotopic (exact) mass is 478 g/mol. The van der Waals surface area contributed by atoms with Crippen LogP contribution in [0.5, 0.6) is 5.75 Å². The van der Waals surface area contributed by atoms with Gasteiger partial charge in [0.2, 0.25) is 5.91 Å². The Morgan fingerprint density at radius 3 is 2.74 bits per heavy atom. The summed E-state index contributed by atoms with van der Waals surface area (Å²) in [7, 11) is 1.80. The number of ether oxygens (including phenoxy) is 1. The van der Waals surface area contributed by atoms with Crippen LogP contribution in [-0.4, -0.2) is 28.6 Å². The van der Waals surface area contributed by atoms with Gasteiger partial charge < -0.3 is 10.1 Å². The van der Waals surface area contributed by atoms with Crippen molar-refractivity contribution in [2.75, 3.05) is 7.05 Å². The fraction of sp³-hybridized carbons (Fsp3) is 0.333. The second-order valence-electron chi connectivity index (χ2n) is 8.39. The van der Waals surface area contributed by atoms with Gasteiger partial charge in [0.15, 0.2) is 0 Å². The predicted molar refractivity (Wildman–Crippen MR) is 139 cm³/mol. The molecule has 0 aliphatic carbocycles. The summed E-state index contributed by atoms with van der Waals surface area (Å²) in [6.07, 6.45) is 3.68. The molecule has 0 bridgehead atoms. The zero-order valence-electron chi connectivity index (χ0n) is 20.6. The van der Waals surface area contributed by atoms with Crippen molar-refractivity contribution in [3.63, 3.8) is 0 Å². The topological polar surface area (TPSA) is 76.5 Å². The minimum Gasteiger partial charge on any atom is -0.486 e. The highest BCUT2D eigenvalue weighted by Crippen LogP contribution is 2.30. The first-order valence-electron chi connectivity index (χ1n) is 11.3. The smallest absolute Gasteiger partial charge is 0.222 e. The molecule has 0 aliphatic heterocycles. The molecule has 0 aliphatic rings. The minimum absolute atomic E-state index is 0.0419. The molecule has 1 aromatic carbocycles. The lowest BCUT2D eigenvalue weighted by molar-refractivity contribution is -0.124. The van der Waals surface area contributed by atoms with Crippen molar-refractivity contribution in [2.24, 2.45) is 10.9 Å². The van der Waals surface area contributed by atoms with E-state index in [2.05, 4.69) is 21.4 Å². The van der Waals surface area contributed by atoms with Gasteiger partial charge in [0.05, 0.1) is 23.0 Å². The Bertz CT molecular complexity index is 1260. The predicted octanol–water partition coefficient (Wildman–Crippen LogP) is 5.83. The minimum atomic E-state index is -0.110. The first kappa shape index (κ1) is 25.4. The number of aryl methyl sites for hydroxylation is 1. The molecule has 0 radical (unpaired) electrons. The number of fused-ring (bicyclic) bond motifs is 1. The molecule has 1 amide bonds. The molecule has 0 atom stereocenters. The molecule has 1 N–H and O–H groups in total. The Labute approximate surface area is 206 Å². The van der Waals surface area contributed by atoms with Gasteiger partial charge in [-0.1, -0.05) is 43.7 Å². The van der Waals surface area contributed by atoms with Gasteiger partial charge in [-0.3, -0.25) is 14.8 Å². The second-order valence-corrected chi connectivity index (χ2v) is 8.79. The first-order chi connectivity index (χ1) is 16.3. The number of para-hydroxylation sites is 1. The SMILES string of the molecule is C/C=C(/C)C(=NC)c1cc(C)nc2c(OCc3c(Cl)ccnc3CNC(=O)C(C)C)cccc12. The molecule has 0 saturated carbocycles. The molecule has 34 heavy (non-hydrogen) atoms. The number of carbonyl (C=O) groups is 1. The number of amides is 1. The number of allylic oxidation sites excluding steroid dienone is 2. The largest absolute Gasteiger partial charge is 0.486 e. The van der Waals surface area contributed by atoms with Crippen molar-refractivity contribution in [3.8, 4) is 5.75 Å². The highest BCUT2D eigenvalue weighted by atomic mass is 35.5. The average molecular weight is 479 g/mol. The Kier molecular flexibility index (Phi) is 8.40. The van der Waals surface area contributed by atoms with Crippen LogP contribution in [0.15, 0.2) is 53.2 Å². The molecule has 2 heterocycles. The summed E-state index contributed by atoms with van der Waals surface area (Å²) < 4.78 is 6.24. The quantitative estimate of drug-likeness (QED) is 0.413. The maximum Gasteiger partial charge on any atom is 0.222 e. The summed E-state index contributed by atoms with van der Waals surface area (Å²) in [5.74, 6) is 0.494. The summed E-state index contributed by atoms with van der Waals surface area (Å²) in [5.41, 5.74) is 6.08. The Morgan fingerprint density at radius 1 is 1.29 bits per heavy atom. The average Bonchev–Trinajstić information content (AvgIpc) is 2.82. The van der Waals surface area contributed by atoms with Crippen molar-refractivity contribution in [1.29, 1.82) is 0 Å². The molecular formula is C27H31ClN4O2. The number of nitrogens with one attached hydrogen (secondary N) is 1. The molecule has 178 valence electrons. The first-order valence-corrected chi connectivity index (χ1v) is 11.7. The van der Waals surface area contributed by atoms with Crippen molar-refractivity contribution in [1.82, 2.24) is 15.3 Å². The number of aliphatic imine (C=N–C) groups is 1. The van der Waals surface area contributed by atoms with Crippen LogP contribution in [0.25, 0.3) is 10.9 Å². The van der Waals surface area contributed by atoms with Crippen LogP contribution in [0.1, 0.15) is 50.2 Å². The zero-order chi connectivity index (χ0) is 24.8. The van der Waals surface area contributed by atoms with Gasteiger partial charge in [-0.15, -0.1) is 0 Å². The third kappa shape index (κ3) is 5.62. The van der Waals surface area contributed by atoms with Gasteiger partial charge in [0.25, 0.3) is 0 Å². The van der Waals surface area contributed by atoms with Crippen LogP contribution in [0, 0.1) is 12.8 Å². The Balaban J connectivity index is 1.97. The van der Waals surface area contributed by atoms with E-state index in [1.807, 2.05) is 58.9 Å². The molecule has 3 rings (SSSR count). The number of hydrogen-bond acceptors (Lipinski definition) is 5. The van der Waals surface area contributed by atoms with Crippen molar-refractivity contribution >= 4 is 34.1 Å². The van der Waals surface area contributed by atoms with Gasteiger partial charge >= 0.3 is 0 Å². The molecule has 3 aromatic rings. The number of pyridine rings is 2. The number of aromatic nitrogens is 2. The summed E-state index contributed by atoms with van der Waals surface area (Å²) in [6, 6.07) is 9.65. The summed E-state index contributed by atoms with van der Waals surface area (Å²) in [6.45, 7) is 10.2. The lowest BCUT2D eigenvalue weighted by atomic mass is 9.98. The van der Waals surface area contributed by atoms with E-state index < -0.39 is 0 Å². The molecule has 2 aromatic heterocycles. The van der Waals surface area contributed by atoms with E-state index in [9.17, 15) is 4.79 Å². The van der Waals surface area contributed by atoms with Gasteiger partial charge in [0, 0.05) is 41.4 Å². The number of hydrogen-bond donors (Lipinski definition) is 1. The van der Waals surface area contributed by atoms with E-state index in [4.69, 9.17) is 21.3 Å². The summed E-state index contributed by atoms with van der Waals surface area (Å²) >= 11 is 6.48. The van der Waals surface area contributed by atoms with E-state index in [1.54, 1.807) is 19.3 Å². The number of carbonyl (C=O) groups excluding carboxylic acids is 1. The number of benzene rings is 1. The van der Waals surface area contributed by atoms with Gasteiger partial charge in [-0.25, -0.2) is 4.98 Å². The second kappa shape index (κ2) is 11.3. The molecule has 0 unspecified atom stereocenters. The molecule has 6 nitrogen and oxygen atoms in total. The maximum atomic E-state index is 12.0. The summed E-state index contributed by atoms with van der Waals surface area (Å²) in [5, 5.41) is 4.40. The van der Waals surface area contributed by atoms with Crippen LogP contribution >= 0.6 is 11.6 Å². The highest BCUT2D eigenvalue weighted by Gasteiger charge is 2.16. The third-order valence-corrected chi connectivity index (χ3v) is 5.98. The number of halogens is 1. The van der Waals surface area contributed by atoms with Crippen molar-refractivity contribution in [2.45, 2.75) is 47.8 Å². The van der Waals surface area contributed by atoms with Crippen LogP contribution in [-0.2, 0) is 17.9 Å². The van der Waals surface area contributed by atoms with Crippen molar-refractivity contribution in [3.05, 3.63) is 75.7 Å². The lowest BCUT2D eigenvalue weighted by Crippen LogP contribution is -2.28. The number of nitrogens with zero attached hydrogens (tertiary/aromatic N) is 3. The molecule has 7 heteroatoms. The molecular weight excluding hydrogens is 448 g/mol. The lowest BCUT2D eigenvalue weighted by Gasteiger charge is -2.16. The fourth-order valence-corrected chi connectivity index (χ4v) is 3.87. The Morgan fingerprint density at radius 2 is 2.06 bits per heavy atom. The van der Waals surface area contributed by atoms with E-state index in [1.165, 1.54) is 0 Å². The Hall–Kier alpha value is -3.25. The van der Waals surface area contributed by atoms with E-state index in [-0.39, 0.29) is 25.0 Å². The molecule has 0 saturated heterocycles. The standard InChI is InChI=1S/C27H31ClN4O2/c1-7-17(4)25(29-6)20-13-18(5)32-26-19(20)9-8-10-24(26)34-15-21-22(28)11-12-30-23(21)14-31-27(33)16(2)3/h7-13,16H,14-15H2,1-6H3,(H,31,33)/b17-7-,29-25?. The maximum absolute atomic E-state index is 12.0. The normalized spacial score (nSPS) is 12.4. The summed E-state index contributed by atoms with van der Waals surface area (Å²) in [4.78, 5) is 25.7. The molecule has 0 spiro atoms. The highest BCUT2D eigenvalue weighted by molar-refractivity contribution is 6.31. The van der Waals surface area contributed by atoms with Crippen LogP contribution < -0.4 is 10.1 Å². The van der Waals surface area contributed by atoms with Crippen LogP contribution in [0.3, 0.4) is 0 Å². The third-order valence-electron chi connectivity index (χ3n) is 5.63. The van der Waals surface area contributed by atoms with Crippen LogP contribution in [0.4, 0.5) is 0 Å². The fourth-order valence-electron chi connectivity index (χ4n) is 3.65. The van der Waals surface area contributed by atoms with E-state index in [0.29, 0.717) is 16.5 Å². The van der Waals surface area contributed by atoms with Gasteiger partial charge in [-0.2, -0.15) is 0 Å². The molecule has 0 fully saturated rings. The number of rotatable bonds is 8. The van der Waals surface area contributed by atoms with E-state index in [0.717, 1.165) is 39.0 Å². The van der Waals surface area contributed by atoms with E-state index >= 15 is 0 Å². The van der Waals surface area contributed by atoms with Gasteiger partial charge in [0.1, 0.15) is 17.9 Å². The zero-order valence-corrected chi connectivity index (χ0v) is 21.3.